The highest BCUT2D eigenvalue weighted by Gasteiger charge is 2.01. The average molecular weight is 256 g/mol. The van der Waals surface area contributed by atoms with Gasteiger partial charge in [-0.1, -0.05) is 24.3 Å². The molecule has 0 heterocycles. The Kier molecular flexibility index (Phi) is 4.18. The predicted octanol–water partition coefficient (Wildman–Crippen LogP) is 3.22. The van der Waals surface area contributed by atoms with Crippen molar-refractivity contribution in [1.29, 1.82) is 0 Å². The molecule has 3 heteroatoms. The van der Waals surface area contributed by atoms with Gasteiger partial charge in [0.25, 0.3) is 0 Å². The van der Waals surface area contributed by atoms with E-state index < -0.39 is 0 Å². The lowest BCUT2D eigenvalue weighted by molar-refractivity contribution is 0.101. The second kappa shape index (κ2) is 6.05. The Hall–Kier alpha value is -2.29. The van der Waals surface area contributed by atoms with E-state index in [-0.39, 0.29) is 11.5 Å². The Balaban J connectivity index is 1.90. The minimum atomic E-state index is 0.0315. The first-order chi connectivity index (χ1) is 9.15. The molecule has 0 spiro atoms. The van der Waals surface area contributed by atoms with Crippen molar-refractivity contribution < 1.29 is 14.6 Å². The van der Waals surface area contributed by atoms with Crippen LogP contribution in [-0.2, 0) is 6.42 Å². The van der Waals surface area contributed by atoms with Crippen molar-refractivity contribution in [3.8, 4) is 11.5 Å². The minimum Gasteiger partial charge on any atom is -0.508 e. The summed E-state index contributed by atoms with van der Waals surface area (Å²) in [6, 6.07) is 14.2. The molecule has 1 N–H and O–H groups in total. The highest BCUT2D eigenvalue weighted by atomic mass is 16.5. The van der Waals surface area contributed by atoms with Crippen molar-refractivity contribution in [2.45, 2.75) is 13.3 Å². The van der Waals surface area contributed by atoms with Crippen LogP contribution in [0.1, 0.15) is 22.8 Å². The lowest BCUT2D eigenvalue weighted by Gasteiger charge is -2.07. The zero-order chi connectivity index (χ0) is 13.7. The molecule has 0 aliphatic rings. The SMILES string of the molecule is CC(=O)c1cccc(OCCc2ccc(O)cc2)c1. The van der Waals surface area contributed by atoms with Gasteiger partial charge in [-0.3, -0.25) is 4.79 Å². The fourth-order valence-electron chi connectivity index (χ4n) is 1.75. The third-order valence-electron chi connectivity index (χ3n) is 2.84. The number of phenolic OH excluding ortho intramolecular Hbond substituents is 1. The summed E-state index contributed by atoms with van der Waals surface area (Å²) in [5.74, 6) is 0.995. The number of aromatic hydroxyl groups is 1. The summed E-state index contributed by atoms with van der Waals surface area (Å²) in [4.78, 5) is 11.2. The van der Waals surface area contributed by atoms with Gasteiger partial charge in [0.05, 0.1) is 6.61 Å². The fourth-order valence-corrected chi connectivity index (χ4v) is 1.75. The molecule has 0 amide bonds. The maximum atomic E-state index is 11.2. The lowest BCUT2D eigenvalue weighted by Crippen LogP contribution is -2.02. The number of carbonyl (C=O) groups is 1. The van der Waals surface area contributed by atoms with Gasteiger partial charge in [0.2, 0.25) is 0 Å². The van der Waals surface area contributed by atoms with Crippen molar-refractivity contribution in [3.63, 3.8) is 0 Å². The number of hydrogen-bond acceptors (Lipinski definition) is 3. The second-order valence-corrected chi connectivity index (χ2v) is 4.35. The van der Waals surface area contributed by atoms with Crippen LogP contribution in [0.3, 0.4) is 0 Å². The van der Waals surface area contributed by atoms with E-state index >= 15 is 0 Å². The first-order valence-corrected chi connectivity index (χ1v) is 6.17. The van der Waals surface area contributed by atoms with Crippen LogP contribution in [-0.4, -0.2) is 17.5 Å². The first kappa shape index (κ1) is 13.1. The number of phenols is 1. The lowest BCUT2D eigenvalue weighted by atomic mass is 10.1. The summed E-state index contributed by atoms with van der Waals surface area (Å²) in [6.07, 6.45) is 0.755. The molecule has 2 aromatic rings. The number of hydrogen-bond donors (Lipinski definition) is 1. The Morgan fingerprint density at radius 1 is 1.16 bits per heavy atom. The summed E-state index contributed by atoms with van der Waals surface area (Å²) in [7, 11) is 0. The van der Waals surface area contributed by atoms with E-state index in [1.165, 1.54) is 6.92 Å². The van der Waals surface area contributed by atoms with Crippen molar-refractivity contribution in [1.82, 2.24) is 0 Å². The van der Waals surface area contributed by atoms with Crippen LogP contribution >= 0.6 is 0 Å². The third kappa shape index (κ3) is 3.85. The molecule has 0 fully saturated rings. The maximum absolute atomic E-state index is 11.2. The van der Waals surface area contributed by atoms with Gasteiger partial charge in [-0.15, -0.1) is 0 Å². The smallest absolute Gasteiger partial charge is 0.159 e. The van der Waals surface area contributed by atoms with E-state index in [1.807, 2.05) is 24.3 Å². The standard InChI is InChI=1S/C16H16O3/c1-12(17)14-3-2-4-16(11-14)19-10-9-13-5-7-15(18)8-6-13/h2-8,11,18H,9-10H2,1H3. The molecule has 0 saturated heterocycles. The summed E-state index contributed by atoms with van der Waals surface area (Å²) < 4.78 is 5.62. The summed E-state index contributed by atoms with van der Waals surface area (Å²) in [5, 5.41) is 9.18. The van der Waals surface area contributed by atoms with Gasteiger partial charge in [-0.05, 0) is 36.8 Å². The number of ether oxygens (including phenoxy) is 1. The molecule has 2 aromatic carbocycles. The number of rotatable bonds is 5. The van der Waals surface area contributed by atoms with Crippen LogP contribution in [0.15, 0.2) is 48.5 Å². The molecule has 0 aromatic heterocycles. The Bertz CT molecular complexity index is 558. The Morgan fingerprint density at radius 3 is 2.58 bits per heavy atom. The molecule has 0 aliphatic heterocycles. The largest absolute Gasteiger partial charge is 0.508 e. The van der Waals surface area contributed by atoms with Gasteiger partial charge in [0.15, 0.2) is 5.78 Å². The monoisotopic (exact) mass is 256 g/mol. The molecule has 0 bridgehead atoms. The molecule has 0 aliphatic carbocycles. The molecule has 19 heavy (non-hydrogen) atoms. The van der Waals surface area contributed by atoms with Gasteiger partial charge in [-0.25, -0.2) is 0 Å². The van der Waals surface area contributed by atoms with E-state index in [9.17, 15) is 9.90 Å². The van der Waals surface area contributed by atoms with Gasteiger partial charge in [0.1, 0.15) is 11.5 Å². The van der Waals surface area contributed by atoms with Crippen molar-refractivity contribution in [2.75, 3.05) is 6.61 Å². The van der Waals surface area contributed by atoms with Crippen LogP contribution in [0.2, 0.25) is 0 Å². The van der Waals surface area contributed by atoms with Gasteiger partial charge in [0, 0.05) is 12.0 Å². The Morgan fingerprint density at radius 2 is 1.89 bits per heavy atom. The Labute approximate surface area is 112 Å². The topological polar surface area (TPSA) is 46.5 Å². The quantitative estimate of drug-likeness (QED) is 0.835. The molecule has 98 valence electrons. The molecule has 0 radical (unpaired) electrons. The number of benzene rings is 2. The van der Waals surface area contributed by atoms with Crippen LogP contribution < -0.4 is 4.74 Å². The van der Waals surface area contributed by atoms with Crippen molar-refractivity contribution in [3.05, 3.63) is 59.7 Å². The van der Waals surface area contributed by atoms with Crippen molar-refractivity contribution >= 4 is 5.78 Å². The van der Waals surface area contributed by atoms with E-state index in [0.29, 0.717) is 17.9 Å². The zero-order valence-corrected chi connectivity index (χ0v) is 10.8. The molecule has 0 unspecified atom stereocenters. The molecular formula is C16H16O3. The molecule has 0 saturated carbocycles. The molecule has 3 nitrogen and oxygen atoms in total. The van der Waals surface area contributed by atoms with Gasteiger partial charge >= 0.3 is 0 Å². The summed E-state index contributed by atoms with van der Waals surface area (Å²) in [5.41, 5.74) is 1.75. The highest BCUT2D eigenvalue weighted by Crippen LogP contribution is 2.15. The predicted molar refractivity (Wildman–Crippen MR) is 73.8 cm³/mol. The maximum Gasteiger partial charge on any atom is 0.159 e. The molecule has 0 atom stereocenters. The average Bonchev–Trinajstić information content (AvgIpc) is 2.41. The van der Waals surface area contributed by atoms with Crippen LogP contribution in [0.5, 0.6) is 11.5 Å². The van der Waals surface area contributed by atoms with Crippen LogP contribution in [0.4, 0.5) is 0 Å². The second-order valence-electron chi connectivity index (χ2n) is 4.35. The highest BCUT2D eigenvalue weighted by molar-refractivity contribution is 5.94. The van der Waals surface area contributed by atoms with Crippen LogP contribution in [0.25, 0.3) is 0 Å². The van der Waals surface area contributed by atoms with Gasteiger partial charge < -0.3 is 9.84 Å². The first-order valence-electron chi connectivity index (χ1n) is 6.17. The van der Waals surface area contributed by atoms with Crippen LogP contribution in [0, 0.1) is 0 Å². The van der Waals surface area contributed by atoms with E-state index in [2.05, 4.69) is 0 Å². The van der Waals surface area contributed by atoms with Crippen molar-refractivity contribution in [2.24, 2.45) is 0 Å². The number of ketones is 1. The minimum absolute atomic E-state index is 0.0315. The summed E-state index contributed by atoms with van der Waals surface area (Å²) >= 11 is 0. The normalized spacial score (nSPS) is 10.2. The van der Waals surface area contributed by atoms with E-state index in [0.717, 1.165) is 12.0 Å². The van der Waals surface area contributed by atoms with Gasteiger partial charge in [-0.2, -0.15) is 0 Å². The number of Topliss-reactive ketones (excluding diaryl/α,β-unsaturated/α-hetero) is 1. The zero-order valence-electron chi connectivity index (χ0n) is 10.8. The molecular weight excluding hydrogens is 240 g/mol. The third-order valence-corrected chi connectivity index (χ3v) is 2.84. The molecule has 2 rings (SSSR count). The fraction of sp³-hybridized carbons (Fsp3) is 0.188. The van der Waals surface area contributed by atoms with E-state index in [4.69, 9.17) is 4.74 Å². The summed E-state index contributed by atoms with van der Waals surface area (Å²) in [6.45, 7) is 2.07. The number of carbonyl (C=O) groups excluding carboxylic acids is 1. The van der Waals surface area contributed by atoms with E-state index in [1.54, 1.807) is 24.3 Å².